The van der Waals surface area contributed by atoms with Gasteiger partial charge in [0.2, 0.25) is 0 Å². The molecule has 4 aromatic heterocycles. The van der Waals surface area contributed by atoms with Gasteiger partial charge in [-0.05, 0) is 73.9 Å². The molecule has 9 nitrogen and oxygen atoms in total. The van der Waals surface area contributed by atoms with Crippen molar-refractivity contribution in [1.29, 1.82) is 0 Å². The van der Waals surface area contributed by atoms with Crippen LogP contribution in [0.4, 0.5) is 0 Å². The van der Waals surface area contributed by atoms with Gasteiger partial charge in [0.05, 0.1) is 18.2 Å². The van der Waals surface area contributed by atoms with E-state index in [9.17, 15) is 0 Å². The van der Waals surface area contributed by atoms with Gasteiger partial charge in [0, 0.05) is 24.6 Å². The lowest BCUT2D eigenvalue weighted by Crippen LogP contribution is -2.03. The lowest BCUT2D eigenvalue weighted by molar-refractivity contribution is 0.125. The van der Waals surface area contributed by atoms with Gasteiger partial charge in [-0.1, -0.05) is 5.16 Å². The lowest BCUT2D eigenvalue weighted by Gasteiger charge is -2.07. The van der Waals surface area contributed by atoms with Crippen LogP contribution in [0.2, 0.25) is 0 Å². The van der Waals surface area contributed by atoms with Crippen molar-refractivity contribution in [2.75, 3.05) is 7.11 Å². The third-order valence-corrected chi connectivity index (χ3v) is 5.98. The molecule has 0 fully saturated rings. The third-order valence-electron chi connectivity index (χ3n) is 5.98. The Morgan fingerprint density at radius 2 is 1.79 bits per heavy atom. The van der Waals surface area contributed by atoms with E-state index in [2.05, 4.69) is 33.7 Å². The van der Waals surface area contributed by atoms with Gasteiger partial charge in [-0.25, -0.2) is 14.5 Å². The first-order chi connectivity index (χ1) is 16.5. The molecule has 0 unspecified atom stereocenters. The maximum Gasteiger partial charge on any atom is 0.192 e. The Morgan fingerprint density at radius 3 is 2.53 bits per heavy atom. The Morgan fingerprint density at radius 1 is 1.03 bits per heavy atom. The zero-order valence-corrected chi connectivity index (χ0v) is 19.6. The van der Waals surface area contributed by atoms with E-state index >= 15 is 0 Å². The van der Waals surface area contributed by atoms with Crippen LogP contribution in [0.25, 0.3) is 16.7 Å². The molecule has 0 aliphatic rings. The standard InChI is InChI=1S/C25H25N7O2/c1-16-18(3)31(13-19-9-11-26-12-10-19)24-23(16)25-28-22(29-32(25)15-27-24)14-34-30-17(2)20-5-7-21(33-4)8-6-20/h5-12,15H,13-14H2,1-4H3/b30-17+. The third kappa shape index (κ3) is 3.96. The molecule has 1 aromatic carbocycles. The number of aromatic nitrogens is 6. The Labute approximate surface area is 196 Å². The molecule has 0 bridgehead atoms. The smallest absolute Gasteiger partial charge is 0.192 e. The van der Waals surface area contributed by atoms with E-state index in [0.717, 1.165) is 50.5 Å². The van der Waals surface area contributed by atoms with Crippen LogP contribution in [-0.2, 0) is 18.0 Å². The van der Waals surface area contributed by atoms with Crippen LogP contribution in [0.5, 0.6) is 5.75 Å². The van der Waals surface area contributed by atoms with E-state index in [0.29, 0.717) is 12.4 Å². The topological polar surface area (TPSA) is 91.7 Å². The molecular formula is C25H25N7O2. The summed E-state index contributed by atoms with van der Waals surface area (Å²) >= 11 is 0. The predicted molar refractivity (Wildman–Crippen MR) is 129 cm³/mol. The summed E-state index contributed by atoms with van der Waals surface area (Å²) in [7, 11) is 1.64. The fraction of sp³-hybridized carbons (Fsp3) is 0.240. The second-order valence-corrected chi connectivity index (χ2v) is 8.07. The van der Waals surface area contributed by atoms with Gasteiger partial charge in [0.1, 0.15) is 17.7 Å². The highest BCUT2D eigenvalue weighted by molar-refractivity contribution is 5.98. The van der Waals surface area contributed by atoms with Crippen LogP contribution >= 0.6 is 0 Å². The average Bonchev–Trinajstić information content (AvgIpc) is 3.39. The number of nitrogens with zero attached hydrogens (tertiary/aromatic N) is 7. The number of pyridine rings is 1. The van der Waals surface area contributed by atoms with Gasteiger partial charge in [-0.3, -0.25) is 4.98 Å². The molecule has 4 heterocycles. The second kappa shape index (κ2) is 8.93. The summed E-state index contributed by atoms with van der Waals surface area (Å²) in [4.78, 5) is 19.1. The van der Waals surface area contributed by atoms with E-state index < -0.39 is 0 Å². The summed E-state index contributed by atoms with van der Waals surface area (Å²) < 4.78 is 9.10. The molecule has 0 aliphatic carbocycles. The van der Waals surface area contributed by atoms with Gasteiger partial charge in [0.15, 0.2) is 18.1 Å². The fourth-order valence-corrected chi connectivity index (χ4v) is 3.97. The number of hydrogen-bond donors (Lipinski definition) is 0. The first-order valence-electron chi connectivity index (χ1n) is 10.9. The number of methoxy groups -OCH3 is 1. The van der Waals surface area contributed by atoms with E-state index in [1.807, 2.05) is 43.3 Å². The first kappa shape index (κ1) is 21.6. The molecule has 0 radical (unpaired) electrons. The van der Waals surface area contributed by atoms with Crippen molar-refractivity contribution in [3.63, 3.8) is 0 Å². The summed E-state index contributed by atoms with van der Waals surface area (Å²) in [5.74, 6) is 1.34. The van der Waals surface area contributed by atoms with E-state index in [1.165, 1.54) is 0 Å². The van der Waals surface area contributed by atoms with Crippen molar-refractivity contribution < 1.29 is 9.57 Å². The molecule has 5 aromatic rings. The normalized spacial score (nSPS) is 11.9. The maximum atomic E-state index is 5.56. The average molecular weight is 456 g/mol. The van der Waals surface area contributed by atoms with E-state index in [4.69, 9.17) is 19.5 Å². The number of ether oxygens (including phenoxy) is 1. The Balaban J connectivity index is 1.40. The van der Waals surface area contributed by atoms with E-state index in [1.54, 1.807) is 30.3 Å². The highest BCUT2D eigenvalue weighted by Gasteiger charge is 2.18. The van der Waals surface area contributed by atoms with Gasteiger partial charge in [0.25, 0.3) is 0 Å². The van der Waals surface area contributed by atoms with Crippen molar-refractivity contribution >= 4 is 22.4 Å². The molecule has 0 aliphatic heterocycles. The quantitative estimate of drug-likeness (QED) is 0.271. The summed E-state index contributed by atoms with van der Waals surface area (Å²) in [6.07, 6.45) is 5.30. The Bertz CT molecular complexity index is 1490. The zero-order chi connectivity index (χ0) is 23.7. The molecule has 172 valence electrons. The summed E-state index contributed by atoms with van der Waals surface area (Å²) in [6.45, 7) is 6.96. The Kier molecular flexibility index (Phi) is 5.67. The van der Waals surface area contributed by atoms with Crippen LogP contribution in [-0.4, -0.2) is 42.0 Å². The van der Waals surface area contributed by atoms with Crippen LogP contribution in [0, 0.1) is 13.8 Å². The number of fused-ring (bicyclic) bond motifs is 3. The van der Waals surface area contributed by atoms with E-state index in [-0.39, 0.29) is 6.61 Å². The van der Waals surface area contributed by atoms with Gasteiger partial charge < -0.3 is 14.1 Å². The van der Waals surface area contributed by atoms with Gasteiger partial charge >= 0.3 is 0 Å². The van der Waals surface area contributed by atoms with Crippen molar-refractivity contribution in [2.45, 2.75) is 33.9 Å². The first-order valence-corrected chi connectivity index (χ1v) is 10.9. The summed E-state index contributed by atoms with van der Waals surface area (Å²) in [5, 5.41) is 9.75. The van der Waals surface area contributed by atoms with Crippen molar-refractivity contribution in [2.24, 2.45) is 5.16 Å². The van der Waals surface area contributed by atoms with Crippen LogP contribution in [0.15, 0.2) is 60.3 Å². The highest BCUT2D eigenvalue weighted by Crippen LogP contribution is 2.27. The fourth-order valence-electron chi connectivity index (χ4n) is 3.97. The number of hydrogen-bond acceptors (Lipinski definition) is 7. The molecular weight excluding hydrogens is 430 g/mol. The van der Waals surface area contributed by atoms with Crippen LogP contribution in [0.3, 0.4) is 0 Å². The molecule has 0 amide bonds. The molecule has 0 spiro atoms. The largest absolute Gasteiger partial charge is 0.497 e. The zero-order valence-electron chi connectivity index (χ0n) is 19.6. The maximum absolute atomic E-state index is 5.56. The van der Waals surface area contributed by atoms with Gasteiger partial charge in [-0.2, -0.15) is 0 Å². The highest BCUT2D eigenvalue weighted by atomic mass is 16.6. The SMILES string of the molecule is COc1ccc(/C(C)=N/OCc2nc3c4c(C)c(C)n(Cc5ccncc5)c4ncn3n2)cc1. The van der Waals surface area contributed by atoms with Crippen LogP contribution in [0.1, 0.15) is 35.1 Å². The molecule has 0 saturated carbocycles. The van der Waals surface area contributed by atoms with Crippen LogP contribution < -0.4 is 4.74 Å². The number of aryl methyl sites for hydroxylation is 1. The summed E-state index contributed by atoms with van der Waals surface area (Å²) in [6, 6.07) is 11.7. The number of rotatable bonds is 7. The molecule has 0 saturated heterocycles. The van der Waals surface area contributed by atoms with Crippen molar-refractivity contribution in [3.8, 4) is 5.75 Å². The minimum Gasteiger partial charge on any atom is -0.497 e. The molecule has 0 atom stereocenters. The molecule has 9 heteroatoms. The molecule has 5 rings (SSSR count). The second-order valence-electron chi connectivity index (χ2n) is 8.07. The summed E-state index contributed by atoms with van der Waals surface area (Å²) in [5.41, 5.74) is 6.80. The van der Waals surface area contributed by atoms with Gasteiger partial charge in [-0.15, -0.1) is 5.10 Å². The Hall–Kier alpha value is -4.27. The van der Waals surface area contributed by atoms with Crippen molar-refractivity contribution in [3.05, 3.63) is 83.3 Å². The molecule has 34 heavy (non-hydrogen) atoms. The minimum atomic E-state index is 0.159. The minimum absolute atomic E-state index is 0.159. The number of oxime groups is 1. The molecule has 0 N–H and O–H groups in total. The predicted octanol–water partition coefficient (Wildman–Crippen LogP) is 4.09. The lowest BCUT2D eigenvalue weighted by atomic mass is 10.1. The van der Waals surface area contributed by atoms with Crippen molar-refractivity contribution in [1.82, 2.24) is 29.1 Å². The monoisotopic (exact) mass is 455 g/mol. The number of benzene rings is 1.